The summed E-state index contributed by atoms with van der Waals surface area (Å²) in [6.45, 7) is 5.11. The van der Waals surface area contributed by atoms with Crippen LogP contribution in [0.3, 0.4) is 0 Å². The molecule has 134 valence electrons. The number of piperidine rings is 2. The third kappa shape index (κ3) is 2.64. The second kappa shape index (κ2) is 6.30. The van der Waals surface area contributed by atoms with Gasteiger partial charge in [-0.05, 0) is 37.5 Å². The number of ether oxygens (including phenoxy) is 2. The van der Waals surface area contributed by atoms with Crippen molar-refractivity contribution in [3.63, 3.8) is 0 Å². The van der Waals surface area contributed by atoms with Crippen molar-refractivity contribution in [1.82, 2.24) is 9.80 Å². The number of methoxy groups -OCH3 is 1. The Kier molecular flexibility index (Phi) is 4.29. The highest BCUT2D eigenvalue weighted by Crippen LogP contribution is 2.52. The first-order valence-corrected chi connectivity index (χ1v) is 9.31. The third-order valence-electron chi connectivity index (χ3n) is 6.66. The fourth-order valence-electron chi connectivity index (χ4n) is 5.00. The smallest absolute Gasteiger partial charge is 0.229 e. The third-order valence-corrected chi connectivity index (χ3v) is 6.66. The molecule has 0 bridgehead atoms. The number of nitrogens with zero attached hydrogens (tertiary/aromatic N) is 2. The molecule has 4 aliphatic rings. The Morgan fingerprint density at radius 3 is 2.58 bits per heavy atom. The quantitative estimate of drug-likeness (QED) is 0.760. The van der Waals surface area contributed by atoms with Gasteiger partial charge in [0.1, 0.15) is 0 Å². The maximum Gasteiger partial charge on any atom is 0.229 e. The molecule has 1 saturated carbocycles. The molecule has 1 aliphatic carbocycles. The molecule has 6 heteroatoms. The first-order chi connectivity index (χ1) is 11.7. The van der Waals surface area contributed by atoms with Crippen molar-refractivity contribution in [1.29, 1.82) is 0 Å². The van der Waals surface area contributed by atoms with Crippen molar-refractivity contribution >= 4 is 11.8 Å². The molecule has 0 radical (unpaired) electrons. The molecule has 0 aromatic rings. The van der Waals surface area contributed by atoms with Gasteiger partial charge in [0.05, 0.1) is 25.2 Å². The molecular weight excluding hydrogens is 308 g/mol. The van der Waals surface area contributed by atoms with Gasteiger partial charge >= 0.3 is 0 Å². The molecule has 24 heavy (non-hydrogen) atoms. The number of hydrogen-bond donors (Lipinski definition) is 0. The molecule has 3 heterocycles. The zero-order valence-corrected chi connectivity index (χ0v) is 14.5. The molecule has 1 unspecified atom stereocenters. The van der Waals surface area contributed by atoms with Gasteiger partial charge in [0.25, 0.3) is 0 Å². The number of hydrogen-bond acceptors (Lipinski definition) is 4. The Bertz CT molecular complexity index is 505. The van der Waals surface area contributed by atoms with Crippen molar-refractivity contribution in [2.24, 2.45) is 23.2 Å². The van der Waals surface area contributed by atoms with Crippen LogP contribution in [0.2, 0.25) is 0 Å². The highest BCUT2D eigenvalue weighted by atomic mass is 16.5. The first-order valence-electron chi connectivity index (χ1n) is 9.31. The molecule has 0 aromatic heterocycles. The predicted molar refractivity (Wildman–Crippen MR) is 87.2 cm³/mol. The molecule has 6 nitrogen and oxygen atoms in total. The highest BCUT2D eigenvalue weighted by molar-refractivity contribution is 5.85. The van der Waals surface area contributed by atoms with Crippen LogP contribution < -0.4 is 0 Å². The summed E-state index contributed by atoms with van der Waals surface area (Å²) in [5, 5.41) is 0. The molecule has 1 spiro atoms. The number of rotatable bonds is 4. The second-order valence-electron chi connectivity index (χ2n) is 7.89. The summed E-state index contributed by atoms with van der Waals surface area (Å²) in [7, 11) is 1.67. The first kappa shape index (κ1) is 16.3. The largest absolute Gasteiger partial charge is 0.383 e. The monoisotopic (exact) mass is 336 g/mol. The summed E-state index contributed by atoms with van der Waals surface area (Å²) in [5.74, 6) is 1.73. The molecular formula is C18H28N2O4. The van der Waals surface area contributed by atoms with Crippen LogP contribution >= 0.6 is 0 Å². The Morgan fingerprint density at radius 2 is 1.92 bits per heavy atom. The van der Waals surface area contributed by atoms with Crippen LogP contribution in [0.15, 0.2) is 0 Å². The van der Waals surface area contributed by atoms with Gasteiger partial charge in [0.2, 0.25) is 11.8 Å². The number of fused-ring (bicyclic) bond motifs is 1. The lowest BCUT2D eigenvalue weighted by atomic mass is 9.71. The average molecular weight is 336 g/mol. The van der Waals surface area contributed by atoms with Crippen molar-refractivity contribution < 1.29 is 19.1 Å². The van der Waals surface area contributed by atoms with E-state index in [1.54, 1.807) is 7.11 Å². The Hall–Kier alpha value is -1.14. The lowest BCUT2D eigenvalue weighted by Crippen LogP contribution is -2.55. The van der Waals surface area contributed by atoms with Crippen LogP contribution in [0, 0.1) is 23.2 Å². The fourth-order valence-corrected chi connectivity index (χ4v) is 5.00. The maximum absolute atomic E-state index is 12.9. The molecule has 2 amide bonds. The number of likely N-dealkylation sites (tertiary alicyclic amines) is 2. The predicted octanol–water partition coefficient (Wildman–Crippen LogP) is 0.756. The zero-order chi connectivity index (χ0) is 16.7. The van der Waals surface area contributed by atoms with Gasteiger partial charge in [-0.3, -0.25) is 9.59 Å². The summed E-state index contributed by atoms with van der Waals surface area (Å²) in [4.78, 5) is 29.6. The summed E-state index contributed by atoms with van der Waals surface area (Å²) < 4.78 is 10.5. The van der Waals surface area contributed by atoms with E-state index in [4.69, 9.17) is 9.47 Å². The standard InChI is InChI=1S/C18H28N2O4/c1-23-10-9-20-6-2-3-18(17(20)22)4-7-19(8-5-18)16(21)15-13-11-24-12-14(13)15/h13-15H,2-12H2,1H3/t13-,14+,15?. The van der Waals surface area contributed by atoms with E-state index in [0.717, 1.165) is 58.5 Å². The van der Waals surface area contributed by atoms with Gasteiger partial charge in [-0.15, -0.1) is 0 Å². The van der Waals surface area contributed by atoms with E-state index in [1.807, 2.05) is 9.80 Å². The SMILES string of the molecule is COCCN1CCCC2(CCN(C(=O)C3[C@H]4COC[C@@H]34)CC2)C1=O. The van der Waals surface area contributed by atoms with Crippen LogP contribution in [-0.2, 0) is 19.1 Å². The maximum atomic E-state index is 12.9. The minimum absolute atomic E-state index is 0.202. The number of amides is 2. The second-order valence-corrected chi connectivity index (χ2v) is 7.89. The summed E-state index contributed by atoms with van der Waals surface area (Å²) in [5.41, 5.74) is -0.231. The minimum atomic E-state index is -0.231. The van der Waals surface area contributed by atoms with Gasteiger partial charge in [-0.2, -0.15) is 0 Å². The normalized spacial score (nSPS) is 34.5. The molecule has 4 fully saturated rings. The van der Waals surface area contributed by atoms with E-state index < -0.39 is 0 Å². The number of carbonyl (C=O) groups excluding carboxylic acids is 2. The van der Waals surface area contributed by atoms with Crippen LogP contribution in [-0.4, -0.2) is 74.7 Å². The van der Waals surface area contributed by atoms with Crippen molar-refractivity contribution in [2.45, 2.75) is 25.7 Å². The van der Waals surface area contributed by atoms with E-state index in [-0.39, 0.29) is 17.2 Å². The van der Waals surface area contributed by atoms with E-state index in [1.165, 1.54) is 0 Å². The van der Waals surface area contributed by atoms with Crippen LogP contribution in [0.5, 0.6) is 0 Å². The molecule has 0 aromatic carbocycles. The van der Waals surface area contributed by atoms with Crippen LogP contribution in [0.1, 0.15) is 25.7 Å². The van der Waals surface area contributed by atoms with Gasteiger partial charge < -0.3 is 19.3 Å². The van der Waals surface area contributed by atoms with E-state index in [0.29, 0.717) is 30.9 Å². The molecule has 0 N–H and O–H groups in total. The summed E-state index contributed by atoms with van der Waals surface area (Å²) >= 11 is 0. The molecule has 3 saturated heterocycles. The topological polar surface area (TPSA) is 59.1 Å². The van der Waals surface area contributed by atoms with Crippen molar-refractivity contribution in [3.8, 4) is 0 Å². The van der Waals surface area contributed by atoms with Gasteiger partial charge in [-0.25, -0.2) is 0 Å². The fraction of sp³-hybridized carbons (Fsp3) is 0.889. The van der Waals surface area contributed by atoms with E-state index in [9.17, 15) is 9.59 Å². The van der Waals surface area contributed by atoms with Crippen molar-refractivity contribution in [2.75, 3.05) is 53.1 Å². The number of carbonyl (C=O) groups is 2. The summed E-state index contributed by atoms with van der Waals surface area (Å²) in [6.07, 6.45) is 3.67. The van der Waals surface area contributed by atoms with Gasteiger partial charge in [-0.1, -0.05) is 0 Å². The Balaban J connectivity index is 1.34. The van der Waals surface area contributed by atoms with Crippen LogP contribution in [0.4, 0.5) is 0 Å². The lowest BCUT2D eigenvalue weighted by Gasteiger charge is -2.46. The molecule has 4 rings (SSSR count). The van der Waals surface area contributed by atoms with Gasteiger partial charge in [0.15, 0.2) is 0 Å². The highest BCUT2D eigenvalue weighted by Gasteiger charge is 2.59. The van der Waals surface area contributed by atoms with Crippen molar-refractivity contribution in [3.05, 3.63) is 0 Å². The molecule has 3 atom stereocenters. The Morgan fingerprint density at radius 1 is 1.21 bits per heavy atom. The molecule has 3 aliphatic heterocycles. The van der Waals surface area contributed by atoms with Gasteiger partial charge in [0, 0.05) is 39.2 Å². The zero-order valence-electron chi connectivity index (χ0n) is 14.5. The lowest BCUT2D eigenvalue weighted by molar-refractivity contribution is -0.153. The minimum Gasteiger partial charge on any atom is -0.383 e. The Labute approximate surface area is 143 Å². The average Bonchev–Trinajstić information content (AvgIpc) is 3.08. The van der Waals surface area contributed by atoms with E-state index >= 15 is 0 Å². The summed E-state index contributed by atoms with van der Waals surface area (Å²) in [6, 6.07) is 0. The van der Waals surface area contributed by atoms with E-state index in [2.05, 4.69) is 0 Å². The van der Waals surface area contributed by atoms with Crippen LogP contribution in [0.25, 0.3) is 0 Å².